The highest BCUT2D eigenvalue weighted by Gasteiger charge is 2.26. The van der Waals surface area contributed by atoms with Gasteiger partial charge in [-0.1, -0.05) is 0 Å². The molecule has 1 atom stereocenters. The van der Waals surface area contributed by atoms with Crippen LogP contribution in [-0.4, -0.2) is 24.7 Å². The van der Waals surface area contributed by atoms with Crippen LogP contribution in [0, 0.1) is 10.1 Å². The number of methoxy groups -OCH3 is 1. The van der Waals surface area contributed by atoms with Crippen LogP contribution in [0.2, 0.25) is 0 Å². The van der Waals surface area contributed by atoms with Crippen molar-refractivity contribution in [2.75, 3.05) is 13.7 Å². The monoisotopic (exact) mass is 209 g/mol. The molecule has 1 fully saturated rings. The fourth-order valence-electron chi connectivity index (χ4n) is 1.46. The Hall–Kier alpha value is -1.62. The summed E-state index contributed by atoms with van der Waals surface area (Å²) in [5.41, 5.74) is 0.799. The second-order valence-corrected chi connectivity index (χ2v) is 3.41. The van der Waals surface area contributed by atoms with Gasteiger partial charge >= 0.3 is 0 Å². The van der Waals surface area contributed by atoms with Crippen molar-refractivity contribution in [2.24, 2.45) is 0 Å². The Bertz CT molecular complexity index is 387. The molecule has 1 heterocycles. The lowest BCUT2D eigenvalue weighted by atomic mass is 10.1. The highest BCUT2D eigenvalue weighted by atomic mass is 16.6. The molecule has 5 nitrogen and oxygen atoms in total. The number of nitro groups is 1. The Kier molecular flexibility index (Phi) is 2.55. The topological polar surface area (TPSA) is 64.9 Å². The van der Waals surface area contributed by atoms with Crippen LogP contribution < -0.4 is 4.74 Å². The zero-order valence-electron chi connectivity index (χ0n) is 8.30. The summed E-state index contributed by atoms with van der Waals surface area (Å²) in [6.07, 6.45) is 0.712. The maximum atomic E-state index is 10.7. The summed E-state index contributed by atoms with van der Waals surface area (Å²) in [6.45, 7) is 0.689. The van der Waals surface area contributed by atoms with Crippen molar-refractivity contribution < 1.29 is 14.4 Å². The number of nitro benzene ring substituents is 1. The minimum Gasteiger partial charge on any atom is -0.497 e. The standard InChI is InChI=1S/C10H11NO4/c1-14-8-2-3-10(11(12)13)7(4-8)5-9-6-15-9/h2-4,9H,5-6H2,1H3. The summed E-state index contributed by atoms with van der Waals surface area (Å²) in [6, 6.07) is 4.76. The average Bonchev–Trinajstić information content (AvgIpc) is 3.01. The van der Waals surface area contributed by atoms with E-state index >= 15 is 0 Å². The zero-order valence-corrected chi connectivity index (χ0v) is 8.30. The summed E-state index contributed by atoms with van der Waals surface area (Å²) in [4.78, 5) is 10.4. The molecule has 0 spiro atoms. The Morgan fingerprint density at radius 3 is 2.93 bits per heavy atom. The maximum Gasteiger partial charge on any atom is 0.272 e. The second kappa shape index (κ2) is 3.86. The lowest BCUT2D eigenvalue weighted by Gasteiger charge is -2.04. The first kappa shape index (κ1) is 9.92. The fourth-order valence-corrected chi connectivity index (χ4v) is 1.46. The predicted molar refractivity (Wildman–Crippen MR) is 53.1 cm³/mol. The van der Waals surface area contributed by atoms with Crippen molar-refractivity contribution in [2.45, 2.75) is 12.5 Å². The van der Waals surface area contributed by atoms with E-state index in [2.05, 4.69) is 0 Å². The molecule has 1 unspecified atom stereocenters. The van der Waals surface area contributed by atoms with Gasteiger partial charge in [0.25, 0.3) is 5.69 Å². The number of hydrogen-bond acceptors (Lipinski definition) is 4. The quantitative estimate of drug-likeness (QED) is 0.428. The molecule has 1 aliphatic rings. The minimum atomic E-state index is -0.378. The zero-order chi connectivity index (χ0) is 10.8. The van der Waals surface area contributed by atoms with E-state index in [4.69, 9.17) is 9.47 Å². The SMILES string of the molecule is COc1ccc([N+](=O)[O-])c(CC2CO2)c1. The summed E-state index contributed by atoms with van der Waals surface area (Å²) in [7, 11) is 1.54. The Balaban J connectivity index is 2.30. The molecular formula is C10H11NO4. The Labute approximate surface area is 86.8 Å². The molecule has 5 heteroatoms. The molecule has 80 valence electrons. The van der Waals surface area contributed by atoms with Gasteiger partial charge < -0.3 is 9.47 Å². The number of hydrogen-bond donors (Lipinski definition) is 0. The number of nitrogens with zero attached hydrogens (tertiary/aromatic N) is 1. The molecule has 0 N–H and O–H groups in total. The maximum absolute atomic E-state index is 10.7. The number of ether oxygens (including phenoxy) is 2. The summed E-state index contributed by atoms with van der Waals surface area (Å²) < 4.78 is 10.1. The highest BCUT2D eigenvalue weighted by molar-refractivity contribution is 5.45. The van der Waals surface area contributed by atoms with Crippen LogP contribution in [0.3, 0.4) is 0 Å². The van der Waals surface area contributed by atoms with Crippen LogP contribution in [0.5, 0.6) is 5.75 Å². The number of epoxide rings is 1. The van der Waals surface area contributed by atoms with Crippen molar-refractivity contribution in [3.8, 4) is 5.75 Å². The third-order valence-corrected chi connectivity index (χ3v) is 2.33. The molecule has 0 aromatic heterocycles. The van der Waals surface area contributed by atoms with Crippen LogP contribution in [0.15, 0.2) is 18.2 Å². The molecule has 0 amide bonds. The lowest BCUT2D eigenvalue weighted by molar-refractivity contribution is -0.385. The van der Waals surface area contributed by atoms with Crippen LogP contribution in [0.25, 0.3) is 0 Å². The van der Waals surface area contributed by atoms with E-state index in [9.17, 15) is 10.1 Å². The Morgan fingerprint density at radius 1 is 1.67 bits per heavy atom. The van der Waals surface area contributed by atoms with Crippen molar-refractivity contribution in [1.29, 1.82) is 0 Å². The number of rotatable bonds is 4. The summed E-state index contributed by atoms with van der Waals surface area (Å²) in [5.74, 6) is 0.635. The molecule has 0 bridgehead atoms. The molecule has 2 rings (SSSR count). The van der Waals surface area contributed by atoms with Crippen molar-refractivity contribution in [3.63, 3.8) is 0 Å². The third-order valence-electron chi connectivity index (χ3n) is 2.33. The highest BCUT2D eigenvalue weighted by Crippen LogP contribution is 2.27. The van der Waals surface area contributed by atoms with E-state index in [1.54, 1.807) is 19.2 Å². The van der Waals surface area contributed by atoms with Crippen molar-refractivity contribution >= 4 is 5.69 Å². The molecule has 1 aromatic carbocycles. The van der Waals surface area contributed by atoms with Gasteiger partial charge in [0.2, 0.25) is 0 Å². The van der Waals surface area contributed by atoms with Gasteiger partial charge in [-0.3, -0.25) is 10.1 Å². The van der Waals surface area contributed by atoms with E-state index < -0.39 is 0 Å². The molecule has 1 aromatic rings. The van der Waals surface area contributed by atoms with E-state index in [1.807, 2.05) is 0 Å². The first-order chi connectivity index (χ1) is 7.20. The average molecular weight is 209 g/mol. The van der Waals surface area contributed by atoms with Gasteiger partial charge in [0.15, 0.2) is 0 Å². The molecule has 1 saturated heterocycles. The third kappa shape index (κ3) is 2.24. The van der Waals surface area contributed by atoms with Crippen LogP contribution in [0.1, 0.15) is 5.56 Å². The van der Waals surface area contributed by atoms with Crippen LogP contribution >= 0.6 is 0 Å². The van der Waals surface area contributed by atoms with Gasteiger partial charge in [-0.05, 0) is 12.1 Å². The number of benzene rings is 1. The van der Waals surface area contributed by atoms with Gasteiger partial charge in [0, 0.05) is 18.1 Å². The molecule has 1 aliphatic heterocycles. The van der Waals surface area contributed by atoms with Crippen molar-refractivity contribution in [3.05, 3.63) is 33.9 Å². The molecular weight excluding hydrogens is 198 g/mol. The first-order valence-electron chi connectivity index (χ1n) is 4.63. The molecule has 0 saturated carbocycles. The summed E-state index contributed by atoms with van der Waals surface area (Å²) >= 11 is 0. The van der Waals surface area contributed by atoms with Crippen LogP contribution in [-0.2, 0) is 11.2 Å². The van der Waals surface area contributed by atoms with E-state index in [1.165, 1.54) is 6.07 Å². The summed E-state index contributed by atoms with van der Waals surface area (Å²) in [5, 5.41) is 10.7. The first-order valence-corrected chi connectivity index (χ1v) is 4.63. The largest absolute Gasteiger partial charge is 0.497 e. The predicted octanol–water partition coefficient (Wildman–Crippen LogP) is 1.54. The van der Waals surface area contributed by atoms with Gasteiger partial charge in [-0.15, -0.1) is 0 Å². The van der Waals surface area contributed by atoms with Crippen molar-refractivity contribution in [1.82, 2.24) is 0 Å². The molecule has 0 aliphatic carbocycles. The molecule has 0 radical (unpaired) electrons. The Morgan fingerprint density at radius 2 is 2.40 bits per heavy atom. The molecule has 15 heavy (non-hydrogen) atoms. The van der Waals surface area contributed by atoms with E-state index in [0.717, 1.165) is 0 Å². The second-order valence-electron chi connectivity index (χ2n) is 3.41. The van der Waals surface area contributed by atoms with Gasteiger partial charge in [0.1, 0.15) is 5.75 Å². The van der Waals surface area contributed by atoms with E-state index in [0.29, 0.717) is 24.3 Å². The van der Waals surface area contributed by atoms with Gasteiger partial charge in [0.05, 0.1) is 24.7 Å². The smallest absolute Gasteiger partial charge is 0.272 e. The van der Waals surface area contributed by atoms with Gasteiger partial charge in [-0.2, -0.15) is 0 Å². The van der Waals surface area contributed by atoms with Gasteiger partial charge in [-0.25, -0.2) is 0 Å². The minimum absolute atomic E-state index is 0.131. The lowest BCUT2D eigenvalue weighted by Crippen LogP contribution is -2.00. The van der Waals surface area contributed by atoms with Crippen LogP contribution in [0.4, 0.5) is 5.69 Å². The van der Waals surface area contributed by atoms with E-state index in [-0.39, 0.29) is 16.7 Å². The normalized spacial score (nSPS) is 18.6. The fraction of sp³-hybridized carbons (Fsp3) is 0.400.